The molecule has 0 saturated heterocycles. The Balaban J connectivity index is 2.03. The third-order valence-electron chi connectivity index (χ3n) is 3.80. The first-order chi connectivity index (χ1) is 9.52. The molecular weight excluding hydrogens is 274 g/mol. The summed E-state index contributed by atoms with van der Waals surface area (Å²) in [6, 6.07) is 5.25. The van der Waals surface area contributed by atoms with Gasteiger partial charge < -0.3 is 10.7 Å². The van der Waals surface area contributed by atoms with Gasteiger partial charge in [-0.25, -0.2) is 8.42 Å². The van der Waals surface area contributed by atoms with Gasteiger partial charge in [-0.15, -0.1) is 0 Å². The maximum absolute atomic E-state index is 12.8. The highest BCUT2D eigenvalue weighted by Crippen LogP contribution is 2.33. The number of nitrogen functional groups attached to an aromatic ring is 1. The summed E-state index contributed by atoms with van der Waals surface area (Å²) in [6.45, 7) is 3.01. The van der Waals surface area contributed by atoms with Crippen molar-refractivity contribution in [2.75, 3.05) is 18.8 Å². The molecule has 108 valence electrons. The molecule has 0 spiro atoms. The molecule has 20 heavy (non-hydrogen) atoms. The van der Waals surface area contributed by atoms with Crippen molar-refractivity contribution in [3.63, 3.8) is 0 Å². The van der Waals surface area contributed by atoms with Gasteiger partial charge in [0.25, 0.3) is 0 Å². The molecule has 3 N–H and O–H groups in total. The van der Waals surface area contributed by atoms with Gasteiger partial charge in [-0.2, -0.15) is 4.31 Å². The van der Waals surface area contributed by atoms with Gasteiger partial charge in [0.05, 0.1) is 0 Å². The van der Waals surface area contributed by atoms with Crippen molar-refractivity contribution in [3.05, 3.63) is 24.4 Å². The molecule has 6 heteroatoms. The topological polar surface area (TPSA) is 79.2 Å². The maximum atomic E-state index is 12.8. The van der Waals surface area contributed by atoms with Gasteiger partial charge in [-0.3, -0.25) is 0 Å². The molecule has 5 nitrogen and oxygen atoms in total. The van der Waals surface area contributed by atoms with Crippen LogP contribution in [-0.4, -0.2) is 30.8 Å². The summed E-state index contributed by atoms with van der Waals surface area (Å²) >= 11 is 0. The van der Waals surface area contributed by atoms with E-state index in [1.54, 1.807) is 28.7 Å². The molecule has 0 amide bonds. The fourth-order valence-corrected chi connectivity index (χ4v) is 4.14. The number of anilines is 1. The van der Waals surface area contributed by atoms with Crippen molar-refractivity contribution in [2.45, 2.75) is 24.7 Å². The first-order valence-corrected chi connectivity index (χ1v) is 8.33. The molecule has 2 aromatic rings. The molecule has 1 aliphatic rings. The van der Waals surface area contributed by atoms with Gasteiger partial charge in [0.15, 0.2) is 0 Å². The predicted molar refractivity (Wildman–Crippen MR) is 79.9 cm³/mol. The Morgan fingerprint density at radius 1 is 1.40 bits per heavy atom. The van der Waals surface area contributed by atoms with Crippen molar-refractivity contribution < 1.29 is 8.42 Å². The Hall–Kier alpha value is -1.53. The predicted octanol–water partition coefficient (Wildman–Crippen LogP) is 2.17. The molecule has 1 aliphatic carbocycles. The number of H-pyrrole nitrogens is 1. The van der Waals surface area contributed by atoms with Gasteiger partial charge in [0, 0.05) is 35.9 Å². The van der Waals surface area contributed by atoms with E-state index in [0.717, 1.165) is 18.4 Å². The second-order valence-corrected chi connectivity index (χ2v) is 7.26. The first kappa shape index (κ1) is 13.5. The SMILES string of the molecule is CCN(CC1CC1)S(=O)(=O)c1c[nH]c2cc(N)ccc12. The highest BCUT2D eigenvalue weighted by Gasteiger charge is 2.32. The van der Waals surface area contributed by atoms with Crippen LogP contribution in [0.4, 0.5) is 5.69 Å². The molecule has 1 aromatic heterocycles. The van der Waals surface area contributed by atoms with Gasteiger partial charge in [0.1, 0.15) is 4.90 Å². The van der Waals surface area contributed by atoms with Crippen molar-refractivity contribution in [1.82, 2.24) is 9.29 Å². The van der Waals surface area contributed by atoms with Crippen LogP contribution in [-0.2, 0) is 10.0 Å². The molecule has 0 unspecified atom stereocenters. The number of sulfonamides is 1. The van der Waals surface area contributed by atoms with E-state index >= 15 is 0 Å². The summed E-state index contributed by atoms with van der Waals surface area (Å²) in [5, 5.41) is 0.702. The number of hydrogen-bond acceptors (Lipinski definition) is 3. The van der Waals surface area contributed by atoms with Crippen molar-refractivity contribution >= 4 is 26.6 Å². The Labute approximate surface area is 118 Å². The number of aromatic nitrogens is 1. The van der Waals surface area contributed by atoms with E-state index in [0.29, 0.717) is 35.0 Å². The van der Waals surface area contributed by atoms with Crippen LogP contribution in [0.1, 0.15) is 19.8 Å². The molecule has 0 bridgehead atoms. The summed E-state index contributed by atoms with van der Waals surface area (Å²) < 4.78 is 27.1. The average Bonchev–Trinajstić information content (AvgIpc) is 3.13. The monoisotopic (exact) mass is 293 g/mol. The molecule has 0 aliphatic heterocycles. The van der Waals surface area contributed by atoms with Crippen LogP contribution in [0.3, 0.4) is 0 Å². The lowest BCUT2D eigenvalue weighted by Crippen LogP contribution is -2.32. The van der Waals surface area contributed by atoms with Gasteiger partial charge in [-0.1, -0.05) is 6.92 Å². The summed E-state index contributed by atoms with van der Waals surface area (Å²) in [4.78, 5) is 3.34. The summed E-state index contributed by atoms with van der Waals surface area (Å²) in [6.07, 6.45) is 3.84. The van der Waals surface area contributed by atoms with E-state index in [-0.39, 0.29) is 0 Å². The van der Waals surface area contributed by atoms with Crippen LogP contribution in [0.25, 0.3) is 10.9 Å². The van der Waals surface area contributed by atoms with Crippen LogP contribution in [0.5, 0.6) is 0 Å². The maximum Gasteiger partial charge on any atom is 0.245 e. The van der Waals surface area contributed by atoms with E-state index in [4.69, 9.17) is 5.73 Å². The Bertz CT molecular complexity index is 732. The Kier molecular flexibility index (Phi) is 3.22. The molecule has 0 atom stereocenters. The normalized spacial score (nSPS) is 16.1. The van der Waals surface area contributed by atoms with E-state index in [2.05, 4.69) is 4.98 Å². The summed E-state index contributed by atoms with van der Waals surface area (Å²) in [7, 11) is -3.44. The fraction of sp³-hybridized carbons (Fsp3) is 0.429. The number of nitrogens with one attached hydrogen (secondary N) is 1. The Morgan fingerprint density at radius 3 is 2.80 bits per heavy atom. The minimum atomic E-state index is -3.44. The van der Waals surface area contributed by atoms with Crippen molar-refractivity contribution in [3.8, 4) is 0 Å². The second kappa shape index (κ2) is 4.79. The largest absolute Gasteiger partial charge is 0.399 e. The number of benzene rings is 1. The second-order valence-electron chi connectivity index (χ2n) is 5.36. The zero-order valence-electron chi connectivity index (χ0n) is 11.5. The number of nitrogens with two attached hydrogens (primary N) is 1. The number of rotatable bonds is 5. The molecule has 3 rings (SSSR count). The fourth-order valence-electron chi connectivity index (χ4n) is 2.46. The molecule has 1 aromatic carbocycles. The van der Waals surface area contributed by atoms with E-state index in [9.17, 15) is 8.42 Å². The summed E-state index contributed by atoms with van der Waals surface area (Å²) in [5.41, 5.74) is 7.10. The standard InChI is InChI=1S/C14H19N3O2S/c1-2-17(9-10-3-4-10)20(18,19)14-8-16-13-7-11(15)5-6-12(13)14/h5-8,10,16H,2-4,9,15H2,1H3. The lowest BCUT2D eigenvalue weighted by Gasteiger charge is -2.19. The molecular formula is C14H19N3O2S. The smallest absolute Gasteiger partial charge is 0.245 e. The minimum Gasteiger partial charge on any atom is -0.399 e. The van der Waals surface area contributed by atoms with Crippen LogP contribution in [0.2, 0.25) is 0 Å². The zero-order valence-corrected chi connectivity index (χ0v) is 12.3. The molecule has 1 fully saturated rings. The van der Waals surface area contributed by atoms with Gasteiger partial charge in [0.2, 0.25) is 10.0 Å². The highest BCUT2D eigenvalue weighted by atomic mass is 32.2. The third-order valence-corrected chi connectivity index (χ3v) is 5.78. The highest BCUT2D eigenvalue weighted by molar-refractivity contribution is 7.89. The summed E-state index contributed by atoms with van der Waals surface area (Å²) in [5.74, 6) is 0.533. The quantitative estimate of drug-likeness (QED) is 0.829. The molecule has 1 heterocycles. The van der Waals surface area contributed by atoms with Crippen LogP contribution in [0.15, 0.2) is 29.3 Å². The Morgan fingerprint density at radius 2 is 2.15 bits per heavy atom. The zero-order chi connectivity index (χ0) is 14.3. The molecule has 0 radical (unpaired) electrons. The lowest BCUT2D eigenvalue weighted by molar-refractivity contribution is 0.412. The van der Waals surface area contributed by atoms with E-state index in [1.165, 1.54) is 0 Å². The average molecular weight is 293 g/mol. The van der Waals surface area contributed by atoms with E-state index < -0.39 is 10.0 Å². The van der Waals surface area contributed by atoms with Crippen molar-refractivity contribution in [1.29, 1.82) is 0 Å². The van der Waals surface area contributed by atoms with E-state index in [1.807, 2.05) is 6.92 Å². The number of hydrogen-bond donors (Lipinski definition) is 2. The lowest BCUT2D eigenvalue weighted by atomic mass is 10.2. The third kappa shape index (κ3) is 2.29. The van der Waals surface area contributed by atoms with Crippen LogP contribution >= 0.6 is 0 Å². The minimum absolute atomic E-state index is 0.343. The number of nitrogens with zero attached hydrogens (tertiary/aromatic N) is 1. The van der Waals surface area contributed by atoms with Crippen LogP contribution in [0, 0.1) is 5.92 Å². The van der Waals surface area contributed by atoms with Crippen molar-refractivity contribution in [2.24, 2.45) is 5.92 Å². The number of aromatic amines is 1. The molecule has 1 saturated carbocycles. The van der Waals surface area contributed by atoms with Gasteiger partial charge in [-0.05, 0) is 37.0 Å². The van der Waals surface area contributed by atoms with Crippen LogP contribution < -0.4 is 5.73 Å². The van der Waals surface area contributed by atoms with Gasteiger partial charge >= 0.3 is 0 Å². The number of fused-ring (bicyclic) bond motifs is 1. The first-order valence-electron chi connectivity index (χ1n) is 6.89.